The van der Waals surface area contributed by atoms with Gasteiger partial charge in [0.1, 0.15) is 11.5 Å². The molecular weight excluding hydrogens is 402 g/mol. The molecule has 10 nitrogen and oxygen atoms in total. The van der Waals surface area contributed by atoms with E-state index in [9.17, 15) is 14.7 Å². The molecule has 4 rings (SSSR count). The lowest BCUT2D eigenvalue weighted by molar-refractivity contribution is -0.130. The Morgan fingerprint density at radius 1 is 1.23 bits per heavy atom. The summed E-state index contributed by atoms with van der Waals surface area (Å²) in [5.74, 6) is 0.529. The molecule has 1 fully saturated rings. The summed E-state index contributed by atoms with van der Waals surface area (Å²) in [5, 5.41) is 21.5. The van der Waals surface area contributed by atoms with Crippen LogP contribution in [-0.4, -0.2) is 75.8 Å². The molecule has 3 heterocycles. The fourth-order valence-electron chi connectivity index (χ4n) is 3.87. The van der Waals surface area contributed by atoms with E-state index in [1.54, 1.807) is 27.8 Å². The lowest BCUT2D eigenvalue weighted by atomic mass is 10.1. The van der Waals surface area contributed by atoms with Crippen molar-refractivity contribution in [3.63, 3.8) is 0 Å². The number of amides is 2. The summed E-state index contributed by atoms with van der Waals surface area (Å²) in [6.07, 6.45) is 3.41. The van der Waals surface area contributed by atoms with Gasteiger partial charge in [-0.3, -0.25) is 14.3 Å². The third kappa shape index (κ3) is 4.96. The Balaban J connectivity index is 1.57. The summed E-state index contributed by atoms with van der Waals surface area (Å²) < 4.78 is 12.9. The van der Waals surface area contributed by atoms with Crippen molar-refractivity contribution < 1.29 is 24.2 Å². The van der Waals surface area contributed by atoms with E-state index in [-0.39, 0.29) is 24.9 Å². The van der Waals surface area contributed by atoms with E-state index < -0.39 is 12.1 Å². The SMILES string of the molecule is COc1ccc2c(c1)C(=O)N[C@@H]1CN(C[C@H]1O)C(=O)CCCc1cn(nn1)CCCO2. The van der Waals surface area contributed by atoms with Crippen LogP contribution >= 0.6 is 0 Å². The van der Waals surface area contributed by atoms with Gasteiger partial charge in [0.15, 0.2) is 0 Å². The second kappa shape index (κ2) is 9.34. The van der Waals surface area contributed by atoms with Crippen molar-refractivity contribution in [2.45, 2.75) is 44.4 Å². The maximum atomic E-state index is 13.0. The predicted octanol–water partition coefficient (Wildman–Crippen LogP) is 0.394. The van der Waals surface area contributed by atoms with Gasteiger partial charge in [-0.25, -0.2) is 0 Å². The van der Waals surface area contributed by atoms with Gasteiger partial charge in [0.25, 0.3) is 5.91 Å². The van der Waals surface area contributed by atoms with Gasteiger partial charge in [0, 0.05) is 38.7 Å². The smallest absolute Gasteiger partial charge is 0.255 e. The second-order valence-corrected chi connectivity index (χ2v) is 7.84. The van der Waals surface area contributed by atoms with Crippen molar-refractivity contribution in [1.29, 1.82) is 0 Å². The number of benzene rings is 1. The highest BCUT2D eigenvalue weighted by atomic mass is 16.5. The summed E-state index contributed by atoms with van der Waals surface area (Å²) >= 11 is 0. The van der Waals surface area contributed by atoms with E-state index in [1.165, 1.54) is 7.11 Å². The standard InChI is InChI=1S/C21H27N5O5/c1-30-15-6-7-19-16(10-15)21(29)22-17-12-25(13-18(17)27)20(28)5-2-4-14-11-26(24-23-14)8-3-9-31-19/h6-7,10-11,17-18,27H,2-5,8-9,12-13H2,1H3,(H,22,29)/t17-,18-/m1/s1. The zero-order valence-corrected chi connectivity index (χ0v) is 17.5. The topological polar surface area (TPSA) is 119 Å². The molecule has 2 aliphatic heterocycles. The first kappa shape index (κ1) is 21.1. The van der Waals surface area contributed by atoms with E-state index in [0.717, 1.165) is 5.69 Å². The molecular formula is C21H27N5O5. The molecule has 2 N–H and O–H groups in total. The molecule has 0 unspecified atom stereocenters. The van der Waals surface area contributed by atoms with Crippen molar-refractivity contribution >= 4 is 11.8 Å². The first-order valence-corrected chi connectivity index (χ1v) is 10.5. The molecule has 10 heteroatoms. The van der Waals surface area contributed by atoms with Crippen molar-refractivity contribution in [2.24, 2.45) is 0 Å². The Morgan fingerprint density at radius 2 is 2.10 bits per heavy atom. The number of aromatic nitrogens is 3. The molecule has 2 atom stereocenters. The quantitative estimate of drug-likeness (QED) is 0.673. The molecule has 166 valence electrons. The molecule has 1 saturated heterocycles. The van der Waals surface area contributed by atoms with Crippen LogP contribution in [0.2, 0.25) is 0 Å². The fraction of sp³-hybridized carbons (Fsp3) is 0.524. The summed E-state index contributed by atoms with van der Waals surface area (Å²) in [5.41, 5.74) is 1.17. The number of methoxy groups -OCH3 is 1. The number of aliphatic hydroxyl groups is 1. The Morgan fingerprint density at radius 3 is 2.94 bits per heavy atom. The van der Waals surface area contributed by atoms with Crippen LogP contribution in [0.25, 0.3) is 0 Å². The van der Waals surface area contributed by atoms with Crippen LogP contribution in [0.15, 0.2) is 24.4 Å². The van der Waals surface area contributed by atoms with E-state index in [4.69, 9.17) is 9.47 Å². The molecule has 4 bridgehead atoms. The molecule has 2 aliphatic rings. The first-order valence-electron chi connectivity index (χ1n) is 10.5. The van der Waals surface area contributed by atoms with Gasteiger partial charge in [-0.1, -0.05) is 5.21 Å². The number of aryl methyl sites for hydroxylation is 2. The highest BCUT2D eigenvalue weighted by Gasteiger charge is 2.35. The molecule has 0 aliphatic carbocycles. The average molecular weight is 429 g/mol. The minimum Gasteiger partial charge on any atom is -0.497 e. The van der Waals surface area contributed by atoms with Crippen molar-refractivity contribution in [1.82, 2.24) is 25.2 Å². The normalized spacial score (nSPS) is 22.7. The Bertz CT molecular complexity index is 946. The van der Waals surface area contributed by atoms with Crippen LogP contribution < -0.4 is 14.8 Å². The largest absolute Gasteiger partial charge is 0.497 e. The molecule has 2 amide bonds. The summed E-state index contributed by atoms with van der Waals surface area (Å²) in [7, 11) is 1.53. The van der Waals surface area contributed by atoms with Gasteiger partial charge < -0.3 is 24.8 Å². The Labute approximate surface area is 180 Å². The molecule has 1 aromatic carbocycles. The molecule has 2 aromatic rings. The van der Waals surface area contributed by atoms with Gasteiger partial charge in [0.2, 0.25) is 5.91 Å². The van der Waals surface area contributed by atoms with Crippen LogP contribution in [0, 0.1) is 0 Å². The van der Waals surface area contributed by atoms with Gasteiger partial charge in [-0.15, -0.1) is 5.10 Å². The van der Waals surface area contributed by atoms with E-state index in [2.05, 4.69) is 15.6 Å². The average Bonchev–Trinajstić information content (AvgIpc) is 3.37. The molecule has 0 saturated carbocycles. The Hall–Kier alpha value is -3.14. The number of nitrogens with zero attached hydrogens (tertiary/aromatic N) is 4. The summed E-state index contributed by atoms with van der Waals surface area (Å²) in [4.78, 5) is 27.1. The molecule has 1 aromatic heterocycles. The Kier molecular flexibility index (Phi) is 6.36. The van der Waals surface area contributed by atoms with Gasteiger partial charge in [0.05, 0.1) is 37.1 Å². The number of ether oxygens (including phenoxy) is 2. The number of carbonyl (C=O) groups is 2. The number of carbonyl (C=O) groups excluding carboxylic acids is 2. The molecule has 31 heavy (non-hydrogen) atoms. The zero-order chi connectivity index (χ0) is 21.8. The van der Waals surface area contributed by atoms with Crippen LogP contribution in [-0.2, 0) is 17.8 Å². The number of hydrogen-bond donors (Lipinski definition) is 2. The second-order valence-electron chi connectivity index (χ2n) is 7.84. The number of fused-ring (bicyclic) bond motifs is 5. The van der Waals surface area contributed by atoms with E-state index in [0.29, 0.717) is 55.9 Å². The minimum atomic E-state index is -0.829. The van der Waals surface area contributed by atoms with Crippen molar-refractivity contribution in [3.05, 3.63) is 35.7 Å². The third-order valence-corrected chi connectivity index (χ3v) is 5.59. The minimum absolute atomic E-state index is 0.0466. The molecule has 0 radical (unpaired) electrons. The number of aliphatic hydroxyl groups excluding tert-OH is 1. The highest BCUT2D eigenvalue weighted by molar-refractivity contribution is 5.97. The van der Waals surface area contributed by atoms with Crippen molar-refractivity contribution in [3.8, 4) is 11.5 Å². The van der Waals surface area contributed by atoms with Crippen molar-refractivity contribution in [2.75, 3.05) is 26.8 Å². The third-order valence-electron chi connectivity index (χ3n) is 5.59. The monoisotopic (exact) mass is 429 g/mol. The predicted molar refractivity (Wildman–Crippen MR) is 110 cm³/mol. The van der Waals surface area contributed by atoms with Crippen LogP contribution in [0.3, 0.4) is 0 Å². The van der Waals surface area contributed by atoms with Gasteiger partial charge in [-0.2, -0.15) is 0 Å². The number of hydrogen-bond acceptors (Lipinski definition) is 7. The lowest BCUT2D eigenvalue weighted by Gasteiger charge is -2.18. The van der Waals surface area contributed by atoms with Gasteiger partial charge >= 0.3 is 0 Å². The first-order chi connectivity index (χ1) is 15.0. The molecule has 0 spiro atoms. The maximum absolute atomic E-state index is 13.0. The fourth-order valence-corrected chi connectivity index (χ4v) is 3.87. The number of rotatable bonds is 1. The highest BCUT2D eigenvalue weighted by Crippen LogP contribution is 2.25. The summed E-state index contributed by atoms with van der Waals surface area (Å²) in [6.45, 7) is 1.49. The van der Waals surface area contributed by atoms with Crippen LogP contribution in [0.5, 0.6) is 11.5 Å². The zero-order valence-electron chi connectivity index (χ0n) is 17.5. The van der Waals surface area contributed by atoms with E-state index in [1.807, 2.05) is 6.20 Å². The van der Waals surface area contributed by atoms with Gasteiger partial charge in [-0.05, 0) is 31.0 Å². The maximum Gasteiger partial charge on any atom is 0.255 e. The lowest BCUT2D eigenvalue weighted by Crippen LogP contribution is -2.43. The van der Waals surface area contributed by atoms with E-state index >= 15 is 0 Å². The summed E-state index contributed by atoms with van der Waals surface area (Å²) in [6, 6.07) is 4.48. The number of nitrogens with one attached hydrogen (secondary N) is 1. The van der Waals surface area contributed by atoms with Crippen LogP contribution in [0.4, 0.5) is 0 Å². The van der Waals surface area contributed by atoms with Crippen LogP contribution in [0.1, 0.15) is 35.3 Å².